The monoisotopic (exact) mass is 315 g/mol. The summed E-state index contributed by atoms with van der Waals surface area (Å²) in [6.45, 7) is 0. The van der Waals surface area contributed by atoms with Crippen LogP contribution in [0.25, 0.3) is 11.4 Å². The lowest BCUT2D eigenvalue weighted by atomic mass is 10.2. The maximum atomic E-state index is 4.23. The van der Waals surface area contributed by atoms with Crippen molar-refractivity contribution in [2.24, 2.45) is 7.05 Å². The molecule has 14 heavy (non-hydrogen) atoms. The van der Waals surface area contributed by atoms with Crippen LogP contribution in [0.15, 0.2) is 33.5 Å². The van der Waals surface area contributed by atoms with Gasteiger partial charge in [-0.2, -0.15) is 5.10 Å². The molecule has 0 aliphatic carbocycles. The van der Waals surface area contributed by atoms with E-state index in [0.29, 0.717) is 0 Å². The van der Waals surface area contributed by atoms with Crippen molar-refractivity contribution in [1.82, 2.24) is 14.8 Å². The molecule has 1 heterocycles. The van der Waals surface area contributed by atoms with Crippen molar-refractivity contribution >= 4 is 31.9 Å². The number of benzene rings is 1. The number of hydrogen-bond donors (Lipinski definition) is 0. The van der Waals surface area contributed by atoms with E-state index in [1.807, 2.05) is 25.2 Å². The average Bonchev–Trinajstić information content (AvgIpc) is 2.50. The van der Waals surface area contributed by atoms with E-state index < -0.39 is 0 Å². The minimum absolute atomic E-state index is 0.731. The molecular weight excluding hydrogens is 310 g/mol. The molecule has 0 saturated heterocycles. The first-order valence-electron chi connectivity index (χ1n) is 3.97. The predicted molar refractivity (Wildman–Crippen MR) is 61.8 cm³/mol. The largest absolute Gasteiger partial charge is 0.255 e. The minimum Gasteiger partial charge on any atom is -0.255 e. The second kappa shape index (κ2) is 3.82. The number of halogens is 2. The number of aromatic nitrogens is 3. The van der Waals surface area contributed by atoms with Gasteiger partial charge >= 0.3 is 0 Å². The van der Waals surface area contributed by atoms with Crippen LogP contribution in [0, 0.1) is 0 Å². The topological polar surface area (TPSA) is 30.7 Å². The van der Waals surface area contributed by atoms with Gasteiger partial charge in [0.05, 0.1) is 0 Å². The van der Waals surface area contributed by atoms with E-state index in [0.717, 1.165) is 20.3 Å². The molecule has 0 atom stereocenters. The third kappa shape index (κ3) is 2.04. The highest BCUT2D eigenvalue weighted by atomic mass is 79.9. The fourth-order valence-corrected chi connectivity index (χ4v) is 2.45. The Morgan fingerprint density at radius 3 is 2.29 bits per heavy atom. The Kier molecular flexibility index (Phi) is 2.69. The molecule has 0 fully saturated rings. The molecule has 2 rings (SSSR count). The standard InChI is InChI=1S/C9H7Br2N3/c1-14-5-12-9(13-14)6-2-7(10)4-8(11)3-6/h2-5H,1H3. The van der Waals surface area contributed by atoms with Gasteiger partial charge in [-0.15, -0.1) is 0 Å². The predicted octanol–water partition coefficient (Wildman–Crippen LogP) is 3.01. The van der Waals surface area contributed by atoms with E-state index in [1.165, 1.54) is 0 Å². The van der Waals surface area contributed by atoms with Crippen molar-refractivity contribution in [1.29, 1.82) is 0 Å². The van der Waals surface area contributed by atoms with Crippen molar-refractivity contribution in [3.63, 3.8) is 0 Å². The highest BCUT2D eigenvalue weighted by Crippen LogP contribution is 2.25. The summed E-state index contributed by atoms with van der Waals surface area (Å²) in [5.41, 5.74) is 0.992. The molecule has 72 valence electrons. The Bertz CT molecular complexity index is 445. The van der Waals surface area contributed by atoms with Crippen molar-refractivity contribution < 1.29 is 0 Å². The highest BCUT2D eigenvalue weighted by Gasteiger charge is 2.04. The van der Waals surface area contributed by atoms with Crippen LogP contribution in [-0.2, 0) is 7.05 Å². The van der Waals surface area contributed by atoms with Crippen molar-refractivity contribution in [2.45, 2.75) is 0 Å². The summed E-state index contributed by atoms with van der Waals surface area (Å²) in [6.07, 6.45) is 1.68. The lowest BCUT2D eigenvalue weighted by Crippen LogP contribution is -1.88. The van der Waals surface area contributed by atoms with Gasteiger partial charge in [0, 0.05) is 21.6 Å². The Balaban J connectivity index is 2.51. The van der Waals surface area contributed by atoms with Crippen molar-refractivity contribution in [3.8, 4) is 11.4 Å². The Hall–Kier alpha value is -0.680. The van der Waals surface area contributed by atoms with E-state index in [4.69, 9.17) is 0 Å². The maximum Gasteiger partial charge on any atom is 0.181 e. The Morgan fingerprint density at radius 2 is 1.79 bits per heavy atom. The van der Waals surface area contributed by atoms with Crippen LogP contribution in [0.3, 0.4) is 0 Å². The summed E-state index contributed by atoms with van der Waals surface area (Å²) in [4.78, 5) is 4.18. The van der Waals surface area contributed by atoms with E-state index in [1.54, 1.807) is 11.0 Å². The van der Waals surface area contributed by atoms with E-state index >= 15 is 0 Å². The molecule has 2 aromatic rings. The summed E-state index contributed by atoms with van der Waals surface area (Å²) in [7, 11) is 1.85. The van der Waals surface area contributed by atoms with Gasteiger partial charge in [-0.25, -0.2) is 4.98 Å². The van der Waals surface area contributed by atoms with Gasteiger partial charge in [-0.1, -0.05) is 31.9 Å². The summed E-state index contributed by atoms with van der Waals surface area (Å²) >= 11 is 6.85. The zero-order valence-corrected chi connectivity index (χ0v) is 10.6. The molecule has 0 unspecified atom stereocenters. The fourth-order valence-electron chi connectivity index (χ4n) is 1.15. The third-order valence-corrected chi connectivity index (χ3v) is 2.64. The fraction of sp³-hybridized carbons (Fsp3) is 0.111. The molecular formula is C9H7Br2N3. The number of hydrogen-bond acceptors (Lipinski definition) is 2. The quantitative estimate of drug-likeness (QED) is 0.809. The molecule has 3 nitrogen and oxygen atoms in total. The first-order chi connectivity index (χ1) is 6.65. The van der Waals surface area contributed by atoms with Gasteiger partial charge in [0.2, 0.25) is 0 Å². The van der Waals surface area contributed by atoms with Crippen LogP contribution >= 0.6 is 31.9 Å². The van der Waals surface area contributed by atoms with Crippen LogP contribution in [0.1, 0.15) is 0 Å². The molecule has 0 amide bonds. The lowest BCUT2D eigenvalue weighted by molar-refractivity contribution is 0.768. The minimum atomic E-state index is 0.731. The smallest absolute Gasteiger partial charge is 0.181 e. The highest BCUT2D eigenvalue weighted by molar-refractivity contribution is 9.11. The summed E-state index contributed by atoms with van der Waals surface area (Å²) in [5, 5.41) is 4.23. The summed E-state index contributed by atoms with van der Waals surface area (Å²) in [6, 6.07) is 5.95. The zero-order valence-electron chi connectivity index (χ0n) is 7.41. The molecule has 0 radical (unpaired) electrons. The van der Waals surface area contributed by atoms with Gasteiger partial charge in [0.25, 0.3) is 0 Å². The second-order valence-electron chi connectivity index (χ2n) is 2.90. The molecule has 1 aromatic carbocycles. The molecule has 0 aliphatic heterocycles. The SMILES string of the molecule is Cn1cnc(-c2cc(Br)cc(Br)c2)n1. The molecule has 0 saturated carbocycles. The number of nitrogens with zero attached hydrogens (tertiary/aromatic N) is 3. The summed E-state index contributed by atoms with van der Waals surface area (Å²) in [5.74, 6) is 0.731. The first-order valence-corrected chi connectivity index (χ1v) is 5.56. The molecule has 5 heteroatoms. The Labute approximate surface area is 98.4 Å². The van der Waals surface area contributed by atoms with Gasteiger partial charge in [-0.05, 0) is 18.2 Å². The first kappa shape index (κ1) is 9.86. The van der Waals surface area contributed by atoms with Gasteiger partial charge < -0.3 is 0 Å². The Morgan fingerprint density at radius 1 is 1.14 bits per heavy atom. The van der Waals surface area contributed by atoms with E-state index in [-0.39, 0.29) is 0 Å². The maximum absolute atomic E-state index is 4.23. The number of aryl methyl sites for hydroxylation is 1. The number of rotatable bonds is 1. The van der Waals surface area contributed by atoms with Gasteiger partial charge in [0.1, 0.15) is 6.33 Å². The zero-order chi connectivity index (χ0) is 10.1. The third-order valence-electron chi connectivity index (χ3n) is 1.72. The van der Waals surface area contributed by atoms with Gasteiger partial charge in [0.15, 0.2) is 5.82 Å². The van der Waals surface area contributed by atoms with Gasteiger partial charge in [-0.3, -0.25) is 4.68 Å². The second-order valence-corrected chi connectivity index (χ2v) is 4.73. The lowest BCUT2D eigenvalue weighted by Gasteiger charge is -1.98. The van der Waals surface area contributed by atoms with Crippen molar-refractivity contribution in [2.75, 3.05) is 0 Å². The van der Waals surface area contributed by atoms with E-state index in [2.05, 4.69) is 41.9 Å². The molecule has 0 N–H and O–H groups in total. The van der Waals surface area contributed by atoms with Crippen LogP contribution in [0.4, 0.5) is 0 Å². The molecule has 0 spiro atoms. The average molecular weight is 317 g/mol. The van der Waals surface area contributed by atoms with Crippen LogP contribution in [0.5, 0.6) is 0 Å². The molecule has 1 aromatic heterocycles. The normalized spacial score (nSPS) is 10.5. The van der Waals surface area contributed by atoms with Crippen LogP contribution in [-0.4, -0.2) is 14.8 Å². The van der Waals surface area contributed by atoms with Crippen LogP contribution in [0.2, 0.25) is 0 Å². The van der Waals surface area contributed by atoms with E-state index in [9.17, 15) is 0 Å². The molecule has 0 bridgehead atoms. The van der Waals surface area contributed by atoms with Crippen LogP contribution < -0.4 is 0 Å². The molecule has 0 aliphatic rings. The summed E-state index contributed by atoms with van der Waals surface area (Å²) < 4.78 is 3.70. The van der Waals surface area contributed by atoms with Crippen molar-refractivity contribution in [3.05, 3.63) is 33.5 Å².